The van der Waals surface area contributed by atoms with Crippen LogP contribution in [0.5, 0.6) is 5.75 Å². The Labute approximate surface area is 205 Å². The van der Waals surface area contributed by atoms with Gasteiger partial charge in [-0.15, -0.1) is 24.8 Å². The summed E-state index contributed by atoms with van der Waals surface area (Å²) in [6.07, 6.45) is 2.07. The van der Waals surface area contributed by atoms with Crippen molar-refractivity contribution in [3.63, 3.8) is 0 Å². The molecule has 1 atom stereocenters. The molecular weight excluding hydrogens is 462 g/mol. The highest BCUT2D eigenvalue weighted by Crippen LogP contribution is 2.39. The number of hydrogen-bond donors (Lipinski definition) is 0. The predicted molar refractivity (Wildman–Crippen MR) is 133 cm³/mol. The van der Waals surface area contributed by atoms with E-state index in [0.29, 0.717) is 13.2 Å². The molecule has 33 heavy (non-hydrogen) atoms. The van der Waals surface area contributed by atoms with Crippen LogP contribution >= 0.6 is 24.8 Å². The van der Waals surface area contributed by atoms with E-state index in [1.165, 1.54) is 23.3 Å². The van der Waals surface area contributed by atoms with Gasteiger partial charge in [0.1, 0.15) is 18.2 Å². The highest BCUT2D eigenvalue weighted by molar-refractivity contribution is 5.86. The van der Waals surface area contributed by atoms with Crippen LogP contribution in [0.3, 0.4) is 0 Å². The Hall–Kier alpha value is -2.60. The van der Waals surface area contributed by atoms with Gasteiger partial charge in [-0.2, -0.15) is 0 Å². The molecule has 174 valence electrons. The van der Waals surface area contributed by atoms with Crippen LogP contribution in [0.1, 0.15) is 40.3 Å². The lowest BCUT2D eigenvalue weighted by Crippen LogP contribution is -2.12. The Morgan fingerprint density at radius 3 is 2.42 bits per heavy atom. The van der Waals surface area contributed by atoms with Crippen molar-refractivity contribution in [1.82, 2.24) is 10.1 Å². The SMILES string of the molecule is CN(C)Cc1c(OCc2ccc(F)cc2)ccc2c(C3CCc4ccc3cc4)noc12.Cl.Cl. The van der Waals surface area contributed by atoms with E-state index in [2.05, 4.69) is 40.4 Å². The minimum absolute atomic E-state index is 0. The second kappa shape index (κ2) is 10.6. The molecule has 0 spiro atoms. The number of fused-ring (bicyclic) bond motifs is 5. The van der Waals surface area contributed by atoms with Gasteiger partial charge in [0.25, 0.3) is 0 Å². The molecule has 0 amide bonds. The van der Waals surface area contributed by atoms with E-state index in [1.807, 2.05) is 20.2 Å². The van der Waals surface area contributed by atoms with Crippen molar-refractivity contribution in [2.75, 3.05) is 14.1 Å². The number of benzene rings is 3. The molecule has 1 aromatic heterocycles. The minimum Gasteiger partial charge on any atom is -0.488 e. The van der Waals surface area contributed by atoms with Gasteiger partial charge >= 0.3 is 0 Å². The van der Waals surface area contributed by atoms with Gasteiger partial charge in [0.2, 0.25) is 0 Å². The molecule has 4 aromatic rings. The Kier molecular flexibility index (Phi) is 8.01. The zero-order chi connectivity index (χ0) is 21.4. The van der Waals surface area contributed by atoms with Gasteiger partial charge in [-0.25, -0.2) is 4.39 Å². The number of ether oxygens (including phenoxy) is 1. The average molecular weight is 489 g/mol. The molecule has 3 aromatic carbocycles. The first-order valence-corrected chi connectivity index (χ1v) is 10.6. The molecule has 2 aliphatic rings. The fourth-order valence-corrected chi connectivity index (χ4v) is 4.34. The third kappa shape index (κ3) is 5.16. The Morgan fingerprint density at radius 2 is 1.73 bits per heavy atom. The molecule has 0 N–H and O–H groups in total. The first kappa shape index (κ1) is 25.0. The standard InChI is InChI=1S/C26H25FN2O2.2ClH/c1-29(2)15-23-24(30-16-18-5-10-20(27)11-6-18)14-13-22-25(28-31-26(22)23)21-12-7-17-3-8-19(21)9-4-17;;/h3-6,8-11,13-14,21H,7,12,15-16H2,1-2H3;2*1H. The van der Waals surface area contributed by atoms with E-state index in [9.17, 15) is 4.39 Å². The van der Waals surface area contributed by atoms with E-state index in [-0.39, 0.29) is 36.5 Å². The maximum Gasteiger partial charge on any atom is 0.175 e. The largest absolute Gasteiger partial charge is 0.488 e. The molecular formula is C26H27Cl2FN2O2. The van der Waals surface area contributed by atoms with E-state index in [0.717, 1.165) is 46.4 Å². The summed E-state index contributed by atoms with van der Waals surface area (Å²) in [4.78, 5) is 2.09. The number of rotatable bonds is 6. The number of aromatic nitrogens is 1. The van der Waals surface area contributed by atoms with Crippen LogP contribution in [0, 0.1) is 5.82 Å². The smallest absolute Gasteiger partial charge is 0.175 e. The van der Waals surface area contributed by atoms with Gasteiger partial charge in [-0.1, -0.05) is 41.6 Å². The van der Waals surface area contributed by atoms with E-state index in [4.69, 9.17) is 9.26 Å². The molecule has 2 bridgehead atoms. The van der Waals surface area contributed by atoms with Crippen molar-refractivity contribution >= 4 is 35.8 Å². The van der Waals surface area contributed by atoms with Crippen LogP contribution in [0.2, 0.25) is 0 Å². The average Bonchev–Trinajstić information content (AvgIpc) is 2.97. The summed E-state index contributed by atoms with van der Waals surface area (Å²) in [7, 11) is 4.04. The molecule has 0 fully saturated rings. The molecule has 4 nitrogen and oxygen atoms in total. The van der Waals surface area contributed by atoms with Gasteiger partial charge in [0.15, 0.2) is 5.58 Å². The van der Waals surface area contributed by atoms with Crippen molar-refractivity contribution in [1.29, 1.82) is 0 Å². The molecule has 0 aliphatic heterocycles. The van der Waals surface area contributed by atoms with Crippen LogP contribution in [0.15, 0.2) is 65.2 Å². The van der Waals surface area contributed by atoms with Crippen LogP contribution in [-0.2, 0) is 19.6 Å². The van der Waals surface area contributed by atoms with Crippen molar-refractivity contribution in [2.24, 2.45) is 0 Å². The molecule has 7 heteroatoms. The summed E-state index contributed by atoms with van der Waals surface area (Å²) >= 11 is 0. The molecule has 2 aliphatic carbocycles. The molecule has 1 heterocycles. The molecule has 6 rings (SSSR count). The van der Waals surface area contributed by atoms with E-state index >= 15 is 0 Å². The number of nitrogens with zero attached hydrogens (tertiary/aromatic N) is 2. The maximum absolute atomic E-state index is 13.2. The van der Waals surface area contributed by atoms with Crippen molar-refractivity contribution in [3.05, 3.63) is 94.4 Å². The monoisotopic (exact) mass is 488 g/mol. The topological polar surface area (TPSA) is 38.5 Å². The lowest BCUT2D eigenvalue weighted by Gasteiger charge is -2.16. The highest BCUT2D eigenvalue weighted by atomic mass is 35.5. The van der Waals surface area contributed by atoms with Crippen LogP contribution < -0.4 is 4.74 Å². The van der Waals surface area contributed by atoms with Gasteiger partial charge in [0.05, 0.1) is 11.3 Å². The summed E-state index contributed by atoms with van der Waals surface area (Å²) in [5.74, 6) is 0.741. The van der Waals surface area contributed by atoms with Gasteiger partial charge in [-0.3, -0.25) is 0 Å². The van der Waals surface area contributed by atoms with Crippen molar-refractivity contribution in [2.45, 2.75) is 31.9 Å². The minimum atomic E-state index is -0.249. The third-order valence-corrected chi connectivity index (χ3v) is 5.94. The van der Waals surface area contributed by atoms with Crippen LogP contribution in [-0.4, -0.2) is 24.2 Å². The summed E-state index contributed by atoms with van der Waals surface area (Å²) in [6, 6.07) is 19.3. The summed E-state index contributed by atoms with van der Waals surface area (Å²) < 4.78 is 25.2. The van der Waals surface area contributed by atoms with Crippen molar-refractivity contribution < 1.29 is 13.7 Å². The second-order valence-corrected chi connectivity index (χ2v) is 8.47. The zero-order valence-electron chi connectivity index (χ0n) is 18.6. The maximum atomic E-state index is 13.2. The lowest BCUT2D eigenvalue weighted by atomic mass is 9.91. The van der Waals surface area contributed by atoms with Crippen LogP contribution in [0.4, 0.5) is 4.39 Å². The van der Waals surface area contributed by atoms with Gasteiger partial charge in [-0.05, 0) is 67.9 Å². The third-order valence-electron chi connectivity index (χ3n) is 5.94. The summed E-state index contributed by atoms with van der Waals surface area (Å²) in [5.41, 5.74) is 6.31. The summed E-state index contributed by atoms with van der Waals surface area (Å²) in [6.45, 7) is 1.03. The predicted octanol–water partition coefficient (Wildman–Crippen LogP) is 6.53. The second-order valence-electron chi connectivity index (χ2n) is 8.47. The fourth-order valence-electron chi connectivity index (χ4n) is 4.34. The van der Waals surface area contributed by atoms with Gasteiger partial charge < -0.3 is 14.2 Å². The first-order chi connectivity index (χ1) is 15.1. The Morgan fingerprint density at radius 1 is 1.00 bits per heavy atom. The van der Waals surface area contributed by atoms with Gasteiger partial charge in [0, 0.05) is 17.8 Å². The molecule has 1 unspecified atom stereocenters. The number of halogens is 3. The zero-order valence-corrected chi connectivity index (χ0v) is 20.2. The number of hydrogen-bond acceptors (Lipinski definition) is 4. The normalized spacial score (nSPS) is 14.6. The van der Waals surface area contributed by atoms with E-state index < -0.39 is 0 Å². The molecule has 0 radical (unpaired) electrons. The Bertz CT molecular complexity index is 1210. The lowest BCUT2D eigenvalue weighted by molar-refractivity contribution is 0.294. The molecule has 0 saturated heterocycles. The van der Waals surface area contributed by atoms with Crippen LogP contribution in [0.25, 0.3) is 11.0 Å². The molecule has 0 saturated carbocycles. The fraction of sp³-hybridized carbons (Fsp3) is 0.269. The van der Waals surface area contributed by atoms with Crippen molar-refractivity contribution in [3.8, 4) is 5.75 Å². The number of aryl methyl sites for hydroxylation is 1. The first-order valence-electron chi connectivity index (χ1n) is 10.6. The summed E-state index contributed by atoms with van der Waals surface area (Å²) in [5, 5.41) is 5.57. The van der Waals surface area contributed by atoms with E-state index in [1.54, 1.807) is 12.1 Å². The highest BCUT2D eigenvalue weighted by Gasteiger charge is 2.25. The quantitative estimate of drug-likeness (QED) is 0.309. The Balaban J connectivity index is 0.00000153.